The van der Waals surface area contributed by atoms with Crippen LogP contribution in [0.2, 0.25) is 0 Å². The molecule has 0 aliphatic rings. The van der Waals surface area contributed by atoms with Gasteiger partial charge in [-0.05, 0) is 6.07 Å². The van der Waals surface area contributed by atoms with Gasteiger partial charge in [-0.15, -0.1) is 0 Å². The van der Waals surface area contributed by atoms with Crippen LogP contribution in [-0.2, 0) is 11.3 Å². The number of rotatable bonds is 3. The van der Waals surface area contributed by atoms with E-state index in [9.17, 15) is 9.18 Å². The molecular weight excluding hydrogens is 279 g/mol. The molecule has 1 aromatic carbocycles. The first-order chi connectivity index (χ1) is 10.0. The highest BCUT2D eigenvalue weighted by atomic mass is 19.1. The van der Waals surface area contributed by atoms with Gasteiger partial charge >= 0.3 is 5.97 Å². The van der Waals surface area contributed by atoms with Crippen molar-refractivity contribution in [3.05, 3.63) is 24.3 Å². The van der Waals surface area contributed by atoms with E-state index in [2.05, 4.69) is 9.97 Å². The van der Waals surface area contributed by atoms with E-state index >= 15 is 0 Å². The number of aliphatic carboxylic acids is 1. The minimum absolute atomic E-state index is 0.0418. The maximum atomic E-state index is 13.9. The third-order valence-corrected chi connectivity index (χ3v) is 3.24. The van der Waals surface area contributed by atoms with Crippen molar-refractivity contribution >= 4 is 33.7 Å². The molecule has 0 bridgehead atoms. The molecule has 0 unspecified atom stereocenters. The highest BCUT2D eigenvalue weighted by Crippen LogP contribution is 2.34. The van der Waals surface area contributed by atoms with Crippen LogP contribution in [0.1, 0.15) is 0 Å². The minimum atomic E-state index is -1.07. The first kappa shape index (κ1) is 13.1. The molecule has 3 N–H and O–H groups in total. The van der Waals surface area contributed by atoms with E-state index in [1.165, 1.54) is 30.1 Å². The monoisotopic (exact) mass is 290 g/mol. The number of hydrogen-bond acceptors (Lipinski definition) is 5. The summed E-state index contributed by atoms with van der Waals surface area (Å²) < 4.78 is 20.2. The fraction of sp³-hybridized carbons (Fsp3) is 0.154. The molecular formula is C13H11FN4O3. The zero-order chi connectivity index (χ0) is 15.1. The zero-order valence-electron chi connectivity index (χ0n) is 11.0. The summed E-state index contributed by atoms with van der Waals surface area (Å²) in [5.74, 6) is -1.42. The Labute approximate surface area is 117 Å². The average molecular weight is 290 g/mol. The number of anilines is 1. The summed E-state index contributed by atoms with van der Waals surface area (Å²) in [5.41, 5.74) is 6.56. The third kappa shape index (κ3) is 1.92. The Morgan fingerprint density at radius 3 is 2.90 bits per heavy atom. The zero-order valence-corrected chi connectivity index (χ0v) is 11.0. The smallest absolute Gasteiger partial charge is 0.323 e. The summed E-state index contributed by atoms with van der Waals surface area (Å²) in [6.07, 6.45) is 1.24. The molecule has 0 aliphatic carbocycles. The fourth-order valence-electron chi connectivity index (χ4n) is 2.38. The van der Waals surface area contributed by atoms with Crippen molar-refractivity contribution in [3.8, 4) is 5.75 Å². The van der Waals surface area contributed by atoms with Crippen molar-refractivity contribution in [1.82, 2.24) is 14.5 Å². The number of carboxylic acids is 1. The van der Waals surface area contributed by atoms with Gasteiger partial charge in [-0.1, -0.05) is 0 Å². The number of nitrogens with two attached hydrogens (primary N) is 1. The Morgan fingerprint density at radius 1 is 1.48 bits per heavy atom. The Kier molecular flexibility index (Phi) is 2.86. The van der Waals surface area contributed by atoms with Crippen molar-refractivity contribution in [3.63, 3.8) is 0 Å². The van der Waals surface area contributed by atoms with Gasteiger partial charge in [-0.3, -0.25) is 4.79 Å². The van der Waals surface area contributed by atoms with Gasteiger partial charge in [0, 0.05) is 11.5 Å². The van der Waals surface area contributed by atoms with Crippen molar-refractivity contribution in [1.29, 1.82) is 0 Å². The van der Waals surface area contributed by atoms with Gasteiger partial charge in [-0.2, -0.15) is 0 Å². The van der Waals surface area contributed by atoms with Gasteiger partial charge in [0.15, 0.2) is 11.6 Å². The molecule has 0 aliphatic heterocycles. The number of nitrogen functional groups attached to an aromatic ring is 1. The molecule has 0 amide bonds. The molecule has 108 valence electrons. The number of nitrogens with zero attached hydrogens (tertiary/aromatic N) is 3. The van der Waals surface area contributed by atoms with E-state index in [0.29, 0.717) is 21.9 Å². The van der Waals surface area contributed by atoms with Crippen LogP contribution in [0.5, 0.6) is 5.75 Å². The number of aromatic nitrogens is 3. The summed E-state index contributed by atoms with van der Waals surface area (Å²) in [4.78, 5) is 19.0. The first-order valence-electron chi connectivity index (χ1n) is 6.00. The third-order valence-electron chi connectivity index (χ3n) is 3.24. The lowest BCUT2D eigenvalue weighted by atomic mass is 10.2. The van der Waals surface area contributed by atoms with Crippen LogP contribution in [0.4, 0.5) is 10.2 Å². The molecule has 2 heterocycles. The largest absolute Gasteiger partial charge is 0.494 e. The molecule has 0 spiro atoms. The van der Waals surface area contributed by atoms with E-state index in [4.69, 9.17) is 15.6 Å². The number of benzene rings is 1. The second-order valence-electron chi connectivity index (χ2n) is 4.44. The normalized spacial score (nSPS) is 11.1. The van der Waals surface area contributed by atoms with Gasteiger partial charge < -0.3 is 20.1 Å². The number of halogens is 1. The highest BCUT2D eigenvalue weighted by molar-refractivity contribution is 6.12. The highest BCUT2D eigenvalue weighted by Gasteiger charge is 2.19. The molecule has 2 aromatic heterocycles. The van der Waals surface area contributed by atoms with Crippen LogP contribution in [0.25, 0.3) is 21.9 Å². The van der Waals surface area contributed by atoms with Gasteiger partial charge in [-0.25, -0.2) is 14.4 Å². The molecule has 21 heavy (non-hydrogen) atoms. The summed E-state index contributed by atoms with van der Waals surface area (Å²) in [7, 11) is 1.35. The quantitative estimate of drug-likeness (QED) is 0.755. The second kappa shape index (κ2) is 4.58. The molecule has 3 rings (SSSR count). The SMILES string of the molecule is COc1cc2c3c(N)ncnc3n(CC(=O)O)c2cc1F. The van der Waals surface area contributed by atoms with Crippen molar-refractivity contribution in [2.45, 2.75) is 6.54 Å². The van der Waals surface area contributed by atoms with Crippen LogP contribution >= 0.6 is 0 Å². The van der Waals surface area contributed by atoms with Gasteiger partial charge in [0.2, 0.25) is 0 Å². The fourth-order valence-corrected chi connectivity index (χ4v) is 2.38. The number of carboxylic acid groups (broad SMARTS) is 1. The van der Waals surface area contributed by atoms with Crippen molar-refractivity contribution < 1.29 is 19.0 Å². The van der Waals surface area contributed by atoms with Crippen molar-refractivity contribution in [2.24, 2.45) is 0 Å². The topological polar surface area (TPSA) is 103 Å². The van der Waals surface area contributed by atoms with Crippen LogP contribution in [-0.4, -0.2) is 32.7 Å². The number of ether oxygens (including phenoxy) is 1. The second-order valence-corrected chi connectivity index (χ2v) is 4.44. The summed E-state index contributed by atoms with van der Waals surface area (Å²) in [5, 5.41) is 10.1. The Morgan fingerprint density at radius 2 is 2.24 bits per heavy atom. The number of methoxy groups -OCH3 is 1. The summed E-state index contributed by atoms with van der Waals surface area (Å²) in [6.45, 7) is -0.359. The molecule has 0 saturated heterocycles. The molecule has 0 radical (unpaired) electrons. The van der Waals surface area contributed by atoms with E-state index in [1.807, 2.05) is 0 Å². The Balaban J connectivity index is 2.49. The van der Waals surface area contributed by atoms with E-state index in [0.717, 1.165) is 0 Å². The molecule has 0 fully saturated rings. The van der Waals surface area contributed by atoms with Crippen LogP contribution in [0.3, 0.4) is 0 Å². The maximum Gasteiger partial charge on any atom is 0.323 e. The lowest BCUT2D eigenvalue weighted by molar-refractivity contribution is -0.137. The lowest BCUT2D eigenvalue weighted by Gasteiger charge is -2.04. The Bertz CT molecular complexity index is 875. The molecule has 8 heteroatoms. The van der Waals surface area contributed by atoms with Gasteiger partial charge in [0.05, 0.1) is 18.0 Å². The maximum absolute atomic E-state index is 13.9. The van der Waals surface area contributed by atoms with E-state index < -0.39 is 11.8 Å². The first-order valence-corrected chi connectivity index (χ1v) is 6.00. The van der Waals surface area contributed by atoms with Gasteiger partial charge in [0.1, 0.15) is 24.3 Å². The molecule has 0 atom stereocenters. The molecule has 7 nitrogen and oxygen atoms in total. The van der Waals surface area contributed by atoms with Crippen LogP contribution < -0.4 is 10.5 Å². The summed E-state index contributed by atoms with van der Waals surface area (Å²) in [6, 6.07) is 2.67. The average Bonchev–Trinajstić information content (AvgIpc) is 2.72. The molecule has 3 aromatic rings. The number of fused-ring (bicyclic) bond motifs is 3. The Hall–Kier alpha value is -2.90. The van der Waals surface area contributed by atoms with E-state index in [1.54, 1.807) is 0 Å². The van der Waals surface area contributed by atoms with E-state index in [-0.39, 0.29) is 18.1 Å². The minimum Gasteiger partial charge on any atom is -0.494 e. The predicted molar refractivity (Wildman–Crippen MR) is 73.6 cm³/mol. The summed E-state index contributed by atoms with van der Waals surface area (Å²) >= 11 is 0. The predicted octanol–water partition coefficient (Wildman–Crippen LogP) is 1.40. The number of carbonyl (C=O) groups is 1. The standard InChI is InChI=1S/C13H11FN4O3/c1-21-9-2-6-8(3-7(9)14)18(4-10(19)20)13-11(6)12(15)16-5-17-13/h2-3,5H,4H2,1H3,(H,19,20)(H2,15,16,17). The van der Waals surface area contributed by atoms with Gasteiger partial charge in [0.25, 0.3) is 0 Å². The van der Waals surface area contributed by atoms with Crippen LogP contribution in [0.15, 0.2) is 18.5 Å². The number of hydrogen-bond donors (Lipinski definition) is 2. The van der Waals surface area contributed by atoms with Crippen LogP contribution in [0, 0.1) is 5.82 Å². The molecule has 0 saturated carbocycles. The lowest BCUT2D eigenvalue weighted by Crippen LogP contribution is -2.09. The van der Waals surface area contributed by atoms with Crippen molar-refractivity contribution in [2.75, 3.05) is 12.8 Å².